The van der Waals surface area contributed by atoms with Gasteiger partial charge in [0.1, 0.15) is 18.3 Å². The summed E-state index contributed by atoms with van der Waals surface area (Å²) in [6.07, 6.45) is -4.04. The third kappa shape index (κ3) is 1.33. The van der Waals surface area contributed by atoms with Crippen LogP contribution in [0.5, 0.6) is 0 Å². The minimum absolute atomic E-state index is 0.527. The quantitative estimate of drug-likeness (QED) is 0.306. The highest BCUT2D eigenvalue weighted by Crippen LogP contribution is 2.28. The average molecular weight is 180 g/mol. The average Bonchev–Trinajstić information content (AvgIpc) is 2.31. The van der Waals surface area contributed by atoms with Crippen LogP contribution in [-0.4, -0.2) is 62.8 Å². The van der Waals surface area contributed by atoms with Crippen molar-refractivity contribution in [2.75, 3.05) is 13.2 Å². The fourth-order valence-corrected chi connectivity index (χ4v) is 1.15. The van der Waals surface area contributed by atoms with Gasteiger partial charge in [0, 0.05) is 0 Å². The summed E-state index contributed by atoms with van der Waals surface area (Å²) in [6.45, 7) is -1.36. The summed E-state index contributed by atoms with van der Waals surface area (Å²) in [5, 5.41) is 44.7. The van der Waals surface area contributed by atoms with E-state index in [1.54, 1.807) is 0 Å². The lowest BCUT2D eigenvalue weighted by Gasteiger charge is -2.22. The van der Waals surface area contributed by atoms with Crippen LogP contribution in [-0.2, 0) is 4.74 Å². The maximum absolute atomic E-state index is 9.25. The fraction of sp³-hybridized carbons (Fsp3) is 1.00. The maximum atomic E-state index is 9.25. The van der Waals surface area contributed by atoms with Crippen LogP contribution in [0.15, 0.2) is 0 Å². The number of aliphatic hydroxyl groups is 5. The van der Waals surface area contributed by atoms with Gasteiger partial charge in [-0.05, 0) is 0 Å². The summed E-state index contributed by atoms with van der Waals surface area (Å²) in [6, 6.07) is 0. The Bertz CT molecular complexity index is 162. The largest absolute Gasteiger partial charge is 0.394 e. The molecule has 1 aliphatic heterocycles. The van der Waals surface area contributed by atoms with Crippen LogP contribution < -0.4 is 0 Å². The van der Waals surface area contributed by atoms with Gasteiger partial charge in [-0.25, -0.2) is 0 Å². The second-order valence-electron chi connectivity index (χ2n) is 2.78. The summed E-state index contributed by atoms with van der Waals surface area (Å²) < 4.78 is 4.63. The molecule has 0 spiro atoms. The van der Waals surface area contributed by atoms with E-state index in [0.29, 0.717) is 0 Å². The van der Waals surface area contributed by atoms with Crippen LogP contribution in [0.3, 0.4) is 0 Å². The van der Waals surface area contributed by atoms with Crippen LogP contribution >= 0.6 is 0 Å². The molecular weight excluding hydrogens is 168 g/mol. The minimum atomic E-state index is -2.16. The van der Waals surface area contributed by atoms with Crippen molar-refractivity contribution in [3.63, 3.8) is 0 Å². The molecule has 1 fully saturated rings. The highest BCUT2D eigenvalue weighted by atomic mass is 16.7. The van der Waals surface area contributed by atoms with E-state index in [0.717, 1.165) is 0 Å². The Kier molecular flexibility index (Phi) is 2.67. The van der Waals surface area contributed by atoms with E-state index in [1.165, 1.54) is 0 Å². The zero-order chi connectivity index (χ0) is 9.35. The highest BCUT2D eigenvalue weighted by Gasteiger charge is 2.52. The van der Waals surface area contributed by atoms with E-state index in [9.17, 15) is 5.11 Å². The van der Waals surface area contributed by atoms with Crippen molar-refractivity contribution in [3.8, 4) is 0 Å². The van der Waals surface area contributed by atoms with Crippen molar-refractivity contribution in [2.24, 2.45) is 0 Å². The van der Waals surface area contributed by atoms with Gasteiger partial charge in [-0.2, -0.15) is 0 Å². The highest BCUT2D eigenvalue weighted by molar-refractivity contribution is 4.94. The molecule has 0 aliphatic carbocycles. The molecule has 72 valence electrons. The van der Waals surface area contributed by atoms with Gasteiger partial charge in [0.05, 0.1) is 13.2 Å². The van der Waals surface area contributed by atoms with Crippen molar-refractivity contribution >= 4 is 0 Å². The second kappa shape index (κ2) is 3.25. The number of ether oxygens (including phenoxy) is 1. The lowest BCUT2D eigenvalue weighted by Crippen LogP contribution is -2.46. The minimum Gasteiger partial charge on any atom is -0.394 e. The summed E-state index contributed by atoms with van der Waals surface area (Å²) in [7, 11) is 0. The molecule has 1 saturated heterocycles. The third-order valence-corrected chi connectivity index (χ3v) is 1.93. The molecule has 0 aromatic rings. The molecular formula is C6H12O6. The van der Waals surface area contributed by atoms with Crippen molar-refractivity contribution in [1.82, 2.24) is 0 Å². The topological polar surface area (TPSA) is 110 Å². The van der Waals surface area contributed by atoms with Gasteiger partial charge in [-0.1, -0.05) is 0 Å². The molecule has 4 atom stereocenters. The molecule has 0 amide bonds. The Morgan fingerprint density at radius 1 is 1.25 bits per heavy atom. The Morgan fingerprint density at radius 3 is 2.08 bits per heavy atom. The summed E-state index contributed by atoms with van der Waals surface area (Å²) in [5.41, 5.74) is 0. The molecule has 6 heteroatoms. The molecule has 1 aliphatic rings. The summed E-state index contributed by atoms with van der Waals surface area (Å²) >= 11 is 0. The maximum Gasteiger partial charge on any atom is 0.219 e. The van der Waals surface area contributed by atoms with Crippen LogP contribution in [0.2, 0.25) is 0 Å². The van der Waals surface area contributed by atoms with Gasteiger partial charge in [-0.3, -0.25) is 0 Å². The van der Waals surface area contributed by atoms with E-state index < -0.39 is 37.3 Å². The standard InChI is InChI=1S/C6H12O6/c7-1-3-4(9)5(10)6(11,2-8)12-3/h3-5,7-11H,1-2H2/t3-,4-,5+,6-/m0/s1. The Hall–Kier alpha value is -0.240. The molecule has 0 aromatic carbocycles. The van der Waals surface area contributed by atoms with Crippen LogP contribution in [0.25, 0.3) is 0 Å². The number of aliphatic hydroxyl groups excluding tert-OH is 4. The number of rotatable bonds is 2. The monoisotopic (exact) mass is 180 g/mol. The predicted octanol–water partition coefficient (Wildman–Crippen LogP) is -3.22. The Balaban J connectivity index is 2.72. The first-order valence-corrected chi connectivity index (χ1v) is 3.53. The Morgan fingerprint density at radius 2 is 1.83 bits per heavy atom. The van der Waals surface area contributed by atoms with Crippen molar-refractivity contribution in [3.05, 3.63) is 0 Å². The zero-order valence-corrected chi connectivity index (χ0v) is 6.29. The lowest BCUT2D eigenvalue weighted by atomic mass is 10.1. The van der Waals surface area contributed by atoms with E-state index in [4.69, 9.17) is 20.4 Å². The summed E-state index contributed by atoms with van der Waals surface area (Å²) in [4.78, 5) is 0. The van der Waals surface area contributed by atoms with Gasteiger partial charge in [0.15, 0.2) is 0 Å². The summed E-state index contributed by atoms with van der Waals surface area (Å²) in [5.74, 6) is -2.16. The molecule has 5 N–H and O–H groups in total. The molecule has 0 saturated carbocycles. The van der Waals surface area contributed by atoms with E-state index in [1.807, 2.05) is 0 Å². The van der Waals surface area contributed by atoms with Crippen molar-refractivity contribution in [1.29, 1.82) is 0 Å². The van der Waals surface area contributed by atoms with E-state index in [-0.39, 0.29) is 0 Å². The number of hydrogen-bond donors (Lipinski definition) is 5. The normalized spacial score (nSPS) is 48.2. The van der Waals surface area contributed by atoms with Gasteiger partial charge >= 0.3 is 0 Å². The van der Waals surface area contributed by atoms with Crippen LogP contribution in [0.4, 0.5) is 0 Å². The molecule has 0 radical (unpaired) electrons. The smallest absolute Gasteiger partial charge is 0.219 e. The third-order valence-electron chi connectivity index (χ3n) is 1.93. The van der Waals surface area contributed by atoms with E-state index >= 15 is 0 Å². The van der Waals surface area contributed by atoms with Gasteiger partial charge < -0.3 is 30.3 Å². The predicted molar refractivity (Wildman–Crippen MR) is 36.0 cm³/mol. The molecule has 6 nitrogen and oxygen atoms in total. The van der Waals surface area contributed by atoms with Gasteiger partial charge in [-0.15, -0.1) is 0 Å². The molecule has 12 heavy (non-hydrogen) atoms. The van der Waals surface area contributed by atoms with Crippen molar-refractivity contribution in [2.45, 2.75) is 24.1 Å². The van der Waals surface area contributed by atoms with Crippen LogP contribution in [0.1, 0.15) is 0 Å². The lowest BCUT2D eigenvalue weighted by molar-refractivity contribution is -0.248. The van der Waals surface area contributed by atoms with E-state index in [2.05, 4.69) is 4.74 Å². The molecule has 1 heterocycles. The SMILES string of the molecule is OC[C@@H]1O[C@@](O)(CO)[C@H](O)[C@H]1O. The molecule has 0 bridgehead atoms. The number of hydrogen-bond acceptors (Lipinski definition) is 6. The Labute approximate surface area is 68.6 Å². The molecule has 1 rings (SSSR count). The fourth-order valence-electron chi connectivity index (χ4n) is 1.15. The first kappa shape index (κ1) is 9.85. The zero-order valence-electron chi connectivity index (χ0n) is 6.29. The van der Waals surface area contributed by atoms with Gasteiger partial charge in [0.2, 0.25) is 5.79 Å². The van der Waals surface area contributed by atoms with Crippen LogP contribution in [0, 0.1) is 0 Å². The molecule has 0 unspecified atom stereocenters. The van der Waals surface area contributed by atoms with Crippen molar-refractivity contribution < 1.29 is 30.3 Å². The first-order chi connectivity index (χ1) is 5.55. The second-order valence-corrected chi connectivity index (χ2v) is 2.78. The molecule has 0 aromatic heterocycles. The first-order valence-electron chi connectivity index (χ1n) is 3.53. The van der Waals surface area contributed by atoms with Gasteiger partial charge in [0.25, 0.3) is 0 Å².